The van der Waals surface area contributed by atoms with Crippen LogP contribution in [0.5, 0.6) is 5.75 Å². The van der Waals surface area contributed by atoms with Gasteiger partial charge in [0.1, 0.15) is 5.75 Å². The molecule has 0 bridgehead atoms. The smallest absolute Gasteiger partial charge is 0.140 e. The number of nitrogens with two attached hydrogens (primary N) is 1. The van der Waals surface area contributed by atoms with Gasteiger partial charge in [-0.2, -0.15) is 0 Å². The molecule has 3 heteroatoms. The molecule has 0 heterocycles. The lowest BCUT2D eigenvalue weighted by molar-refractivity contribution is 0.478. The molecule has 1 rings (SSSR count). The molecular weight excluding hydrogens is 140 g/mol. The van der Waals surface area contributed by atoms with Crippen LogP contribution in [0.4, 0.5) is 11.4 Å². The van der Waals surface area contributed by atoms with Crippen LogP contribution in [-0.2, 0) is 0 Å². The van der Waals surface area contributed by atoms with Gasteiger partial charge in [-0.05, 0) is 12.1 Å². The van der Waals surface area contributed by atoms with Crippen molar-refractivity contribution < 1.29 is 5.11 Å². The molecule has 0 aliphatic rings. The Morgan fingerprint density at radius 3 is 2.45 bits per heavy atom. The minimum absolute atomic E-state index is 0.135. The summed E-state index contributed by atoms with van der Waals surface area (Å²) in [5.41, 5.74) is 6.77. The van der Waals surface area contributed by atoms with Crippen molar-refractivity contribution in [3.8, 4) is 5.75 Å². The summed E-state index contributed by atoms with van der Waals surface area (Å²) < 4.78 is 0. The summed E-state index contributed by atoms with van der Waals surface area (Å²) in [5.74, 6) is 0.135. The van der Waals surface area contributed by atoms with E-state index in [1.165, 1.54) is 0 Å². The first-order chi connectivity index (χ1) is 5.11. The standard InChI is InChI=1S/C8H12N2O/c1-10(2)6-3-4-7(9)8(11)5-6/h3-5,11H,9H2,1-2H3. The van der Waals surface area contributed by atoms with E-state index in [9.17, 15) is 5.11 Å². The van der Waals surface area contributed by atoms with Crippen molar-refractivity contribution in [2.24, 2.45) is 0 Å². The molecule has 1 aromatic rings. The Bertz CT molecular complexity index is 258. The first-order valence-corrected chi connectivity index (χ1v) is 3.37. The second kappa shape index (κ2) is 2.70. The summed E-state index contributed by atoms with van der Waals surface area (Å²) in [6.45, 7) is 0. The Balaban J connectivity index is 3.05. The van der Waals surface area contributed by atoms with Gasteiger partial charge in [0.15, 0.2) is 0 Å². The maximum Gasteiger partial charge on any atom is 0.140 e. The lowest BCUT2D eigenvalue weighted by Gasteiger charge is -2.12. The number of nitrogen functional groups attached to an aromatic ring is 1. The first-order valence-electron chi connectivity index (χ1n) is 3.37. The zero-order chi connectivity index (χ0) is 8.43. The summed E-state index contributed by atoms with van der Waals surface area (Å²) in [6, 6.07) is 5.18. The molecule has 0 saturated carbocycles. The van der Waals surface area contributed by atoms with Gasteiger partial charge in [0.2, 0.25) is 0 Å². The third-order valence-corrected chi connectivity index (χ3v) is 1.53. The molecule has 0 radical (unpaired) electrons. The number of nitrogens with zero attached hydrogens (tertiary/aromatic N) is 1. The summed E-state index contributed by atoms with van der Waals surface area (Å²) in [5, 5.41) is 9.20. The van der Waals surface area contributed by atoms with Gasteiger partial charge >= 0.3 is 0 Å². The highest BCUT2D eigenvalue weighted by Crippen LogP contribution is 2.24. The monoisotopic (exact) mass is 152 g/mol. The Labute approximate surface area is 66.1 Å². The van der Waals surface area contributed by atoms with Crippen molar-refractivity contribution in [2.45, 2.75) is 0 Å². The zero-order valence-electron chi connectivity index (χ0n) is 6.70. The Morgan fingerprint density at radius 2 is 2.00 bits per heavy atom. The highest BCUT2D eigenvalue weighted by atomic mass is 16.3. The lowest BCUT2D eigenvalue weighted by Crippen LogP contribution is -2.08. The molecule has 3 N–H and O–H groups in total. The average molecular weight is 152 g/mol. The number of phenolic OH excluding ortho intramolecular Hbond substituents is 1. The largest absolute Gasteiger partial charge is 0.506 e. The molecule has 0 unspecified atom stereocenters. The van der Waals surface area contributed by atoms with E-state index in [1.54, 1.807) is 12.1 Å². The molecule has 3 nitrogen and oxygen atoms in total. The number of aromatic hydroxyl groups is 1. The number of hydrogen-bond donors (Lipinski definition) is 2. The van der Waals surface area contributed by atoms with E-state index in [-0.39, 0.29) is 5.75 Å². The number of hydrogen-bond acceptors (Lipinski definition) is 3. The summed E-state index contributed by atoms with van der Waals surface area (Å²) in [6.07, 6.45) is 0. The molecule has 0 aromatic heterocycles. The van der Waals surface area contributed by atoms with Gasteiger partial charge in [-0.15, -0.1) is 0 Å². The SMILES string of the molecule is CN(C)c1ccc(N)c(O)c1. The van der Waals surface area contributed by atoms with Crippen molar-refractivity contribution in [1.82, 2.24) is 0 Å². The van der Waals surface area contributed by atoms with E-state index in [4.69, 9.17) is 5.73 Å². The Kier molecular flexibility index (Phi) is 1.89. The second-order valence-corrected chi connectivity index (χ2v) is 2.64. The molecule has 11 heavy (non-hydrogen) atoms. The normalized spacial score (nSPS) is 9.64. The topological polar surface area (TPSA) is 49.5 Å². The fourth-order valence-corrected chi connectivity index (χ4v) is 0.810. The van der Waals surface area contributed by atoms with Gasteiger partial charge in [0.05, 0.1) is 5.69 Å². The fraction of sp³-hybridized carbons (Fsp3) is 0.250. The summed E-state index contributed by atoms with van der Waals surface area (Å²) in [7, 11) is 3.82. The fourth-order valence-electron chi connectivity index (χ4n) is 0.810. The van der Waals surface area contributed by atoms with Crippen LogP contribution in [0.3, 0.4) is 0 Å². The third kappa shape index (κ3) is 1.55. The van der Waals surface area contributed by atoms with Gasteiger partial charge < -0.3 is 15.7 Å². The minimum atomic E-state index is 0.135. The van der Waals surface area contributed by atoms with Crippen molar-refractivity contribution >= 4 is 11.4 Å². The molecule has 60 valence electrons. The third-order valence-electron chi connectivity index (χ3n) is 1.53. The summed E-state index contributed by atoms with van der Waals surface area (Å²) >= 11 is 0. The van der Waals surface area contributed by atoms with Crippen molar-refractivity contribution in [2.75, 3.05) is 24.7 Å². The van der Waals surface area contributed by atoms with Crippen molar-refractivity contribution in [1.29, 1.82) is 0 Å². The highest BCUT2D eigenvalue weighted by Gasteiger charge is 1.98. The lowest BCUT2D eigenvalue weighted by atomic mass is 10.2. The minimum Gasteiger partial charge on any atom is -0.506 e. The van der Waals surface area contributed by atoms with E-state index in [0.717, 1.165) is 5.69 Å². The number of phenols is 1. The van der Waals surface area contributed by atoms with E-state index in [1.807, 2.05) is 25.1 Å². The second-order valence-electron chi connectivity index (χ2n) is 2.64. The van der Waals surface area contributed by atoms with Crippen LogP contribution in [0, 0.1) is 0 Å². The number of rotatable bonds is 1. The molecule has 0 aliphatic heterocycles. The van der Waals surface area contributed by atoms with Crippen LogP contribution >= 0.6 is 0 Å². The molecular formula is C8H12N2O. The van der Waals surface area contributed by atoms with Gasteiger partial charge in [-0.25, -0.2) is 0 Å². The predicted molar refractivity (Wildman–Crippen MR) is 46.8 cm³/mol. The highest BCUT2D eigenvalue weighted by molar-refractivity contribution is 5.61. The molecule has 0 fully saturated rings. The van der Waals surface area contributed by atoms with E-state index in [2.05, 4.69) is 0 Å². The van der Waals surface area contributed by atoms with Gasteiger partial charge in [-0.1, -0.05) is 0 Å². The number of benzene rings is 1. The number of anilines is 2. The molecule has 1 aromatic carbocycles. The van der Waals surface area contributed by atoms with E-state index >= 15 is 0 Å². The van der Waals surface area contributed by atoms with Crippen LogP contribution in [0.25, 0.3) is 0 Å². The average Bonchev–Trinajstić information content (AvgIpc) is 1.94. The van der Waals surface area contributed by atoms with Gasteiger partial charge in [0.25, 0.3) is 0 Å². The van der Waals surface area contributed by atoms with Crippen molar-refractivity contribution in [3.63, 3.8) is 0 Å². The predicted octanol–water partition coefficient (Wildman–Crippen LogP) is 1.04. The van der Waals surface area contributed by atoms with Crippen LogP contribution in [0.2, 0.25) is 0 Å². The Hall–Kier alpha value is -1.38. The van der Waals surface area contributed by atoms with Crippen LogP contribution in [0.15, 0.2) is 18.2 Å². The van der Waals surface area contributed by atoms with Crippen LogP contribution < -0.4 is 10.6 Å². The molecule has 0 saturated heterocycles. The maximum absolute atomic E-state index is 9.20. The Morgan fingerprint density at radius 1 is 1.36 bits per heavy atom. The molecule has 0 aliphatic carbocycles. The molecule has 0 spiro atoms. The van der Waals surface area contributed by atoms with Crippen molar-refractivity contribution in [3.05, 3.63) is 18.2 Å². The molecule has 0 atom stereocenters. The first kappa shape index (κ1) is 7.72. The maximum atomic E-state index is 9.20. The quantitative estimate of drug-likeness (QED) is 0.467. The van der Waals surface area contributed by atoms with Gasteiger partial charge in [-0.3, -0.25) is 0 Å². The zero-order valence-corrected chi connectivity index (χ0v) is 6.70. The summed E-state index contributed by atoms with van der Waals surface area (Å²) in [4.78, 5) is 1.90. The van der Waals surface area contributed by atoms with E-state index < -0.39 is 0 Å². The molecule has 0 amide bonds. The van der Waals surface area contributed by atoms with E-state index in [0.29, 0.717) is 5.69 Å². The van der Waals surface area contributed by atoms with Crippen LogP contribution in [-0.4, -0.2) is 19.2 Å². The van der Waals surface area contributed by atoms with Gasteiger partial charge in [0, 0.05) is 25.8 Å². The van der Waals surface area contributed by atoms with Crippen LogP contribution in [0.1, 0.15) is 0 Å².